The lowest BCUT2D eigenvalue weighted by Gasteiger charge is -2.22. The first kappa shape index (κ1) is 23.6. The molecule has 1 saturated carbocycles. The number of thiazole rings is 1. The number of nitrogens with one attached hydrogen (secondary N) is 3. The Morgan fingerprint density at radius 3 is 2.34 bits per heavy atom. The number of hydrogen-bond donors (Lipinski definition) is 3. The molecule has 0 saturated heterocycles. The zero-order valence-electron chi connectivity index (χ0n) is 18.7. The van der Waals surface area contributed by atoms with Crippen molar-refractivity contribution < 1.29 is 23.8 Å². The Bertz CT molecular complexity index is 902. The number of carbonyl (C=O) groups is 2. The van der Waals surface area contributed by atoms with Gasteiger partial charge in [-0.2, -0.15) is 0 Å². The molecule has 3 rings (SSSR count). The molecule has 1 fully saturated rings. The largest absolute Gasteiger partial charge is 0.493 e. The maximum absolute atomic E-state index is 12.4. The summed E-state index contributed by atoms with van der Waals surface area (Å²) in [6, 6.07) is 3.37. The van der Waals surface area contributed by atoms with Crippen LogP contribution in [0.1, 0.15) is 44.2 Å². The Morgan fingerprint density at radius 1 is 1.03 bits per heavy atom. The van der Waals surface area contributed by atoms with Crippen molar-refractivity contribution in [2.45, 2.75) is 51.0 Å². The fraction of sp³-hybridized carbons (Fsp3) is 0.500. The van der Waals surface area contributed by atoms with Gasteiger partial charge in [0.25, 0.3) is 0 Å². The quantitative estimate of drug-likeness (QED) is 0.515. The zero-order valence-corrected chi connectivity index (χ0v) is 19.5. The van der Waals surface area contributed by atoms with E-state index < -0.39 is 0 Å². The monoisotopic (exact) mass is 462 g/mol. The van der Waals surface area contributed by atoms with Gasteiger partial charge < -0.3 is 24.8 Å². The highest BCUT2D eigenvalue weighted by Gasteiger charge is 2.17. The number of rotatable bonds is 9. The second kappa shape index (κ2) is 11.6. The van der Waals surface area contributed by atoms with Crippen LogP contribution in [-0.2, 0) is 11.2 Å². The Balaban J connectivity index is 1.49. The molecular formula is C22H30N4O5S. The van der Waals surface area contributed by atoms with Crippen molar-refractivity contribution in [3.05, 3.63) is 23.2 Å². The number of benzene rings is 1. The summed E-state index contributed by atoms with van der Waals surface area (Å²) in [5, 5.41) is 11.0. The molecule has 0 aliphatic heterocycles. The van der Waals surface area contributed by atoms with Crippen LogP contribution in [-0.4, -0.2) is 44.3 Å². The predicted octanol–water partition coefficient (Wildman–Crippen LogP) is 4.19. The number of hydrogen-bond acceptors (Lipinski definition) is 7. The average Bonchev–Trinajstić information content (AvgIpc) is 3.24. The molecule has 1 aliphatic rings. The molecule has 0 atom stereocenters. The van der Waals surface area contributed by atoms with Gasteiger partial charge in [0.05, 0.1) is 27.0 Å². The van der Waals surface area contributed by atoms with Gasteiger partial charge in [0, 0.05) is 35.7 Å². The Kier molecular flexibility index (Phi) is 8.55. The van der Waals surface area contributed by atoms with Crippen LogP contribution in [0, 0.1) is 0 Å². The number of nitrogens with zero attached hydrogens (tertiary/aromatic N) is 1. The molecule has 3 amide bonds. The molecule has 9 nitrogen and oxygen atoms in total. The number of aryl methyl sites for hydroxylation is 1. The zero-order chi connectivity index (χ0) is 22.9. The summed E-state index contributed by atoms with van der Waals surface area (Å²) in [5.41, 5.74) is 1.30. The van der Waals surface area contributed by atoms with E-state index in [-0.39, 0.29) is 24.4 Å². The van der Waals surface area contributed by atoms with Gasteiger partial charge in [-0.1, -0.05) is 19.3 Å². The number of carbonyl (C=O) groups excluding carboxylic acids is 2. The molecule has 32 heavy (non-hydrogen) atoms. The summed E-state index contributed by atoms with van der Waals surface area (Å²) in [4.78, 5) is 29.0. The standard InChI is InChI=1S/C22H30N4O5S/c1-29-17-11-16(12-18(30-2)20(17)31-3)23-19(27)10-9-15-13-32-22(25-15)26-21(28)24-14-7-5-4-6-8-14/h11-14H,4-10H2,1-3H3,(H,23,27)(H2,24,25,26,28). The molecule has 0 bridgehead atoms. The van der Waals surface area contributed by atoms with Gasteiger partial charge in [0.2, 0.25) is 11.7 Å². The Hall–Kier alpha value is -3.01. The fourth-order valence-electron chi connectivity index (χ4n) is 3.66. The van der Waals surface area contributed by atoms with Gasteiger partial charge in [-0.25, -0.2) is 9.78 Å². The number of methoxy groups -OCH3 is 3. The topological polar surface area (TPSA) is 111 Å². The molecule has 174 valence electrons. The van der Waals surface area contributed by atoms with E-state index >= 15 is 0 Å². The van der Waals surface area contributed by atoms with Crippen molar-refractivity contribution in [1.29, 1.82) is 0 Å². The van der Waals surface area contributed by atoms with Gasteiger partial charge in [-0.05, 0) is 19.3 Å². The summed E-state index contributed by atoms with van der Waals surface area (Å²) < 4.78 is 15.9. The highest BCUT2D eigenvalue weighted by molar-refractivity contribution is 7.13. The van der Waals surface area contributed by atoms with E-state index in [1.54, 1.807) is 12.1 Å². The molecule has 0 unspecified atom stereocenters. The van der Waals surface area contributed by atoms with Crippen molar-refractivity contribution in [3.63, 3.8) is 0 Å². The normalized spacial score (nSPS) is 13.8. The third-order valence-electron chi connectivity index (χ3n) is 5.27. The van der Waals surface area contributed by atoms with E-state index in [1.807, 2.05) is 5.38 Å². The lowest BCUT2D eigenvalue weighted by atomic mass is 9.96. The molecule has 2 aromatic rings. The summed E-state index contributed by atoms with van der Waals surface area (Å²) in [6.07, 6.45) is 6.31. The number of amides is 3. The fourth-order valence-corrected chi connectivity index (χ4v) is 4.40. The summed E-state index contributed by atoms with van der Waals surface area (Å²) in [5.74, 6) is 1.22. The van der Waals surface area contributed by atoms with E-state index in [0.717, 1.165) is 31.4 Å². The lowest BCUT2D eigenvalue weighted by molar-refractivity contribution is -0.116. The van der Waals surface area contributed by atoms with Crippen molar-refractivity contribution in [1.82, 2.24) is 10.3 Å². The SMILES string of the molecule is COc1cc(NC(=O)CCc2csc(NC(=O)NC3CCCCC3)n2)cc(OC)c1OC. The van der Waals surface area contributed by atoms with E-state index in [9.17, 15) is 9.59 Å². The highest BCUT2D eigenvalue weighted by Crippen LogP contribution is 2.39. The maximum Gasteiger partial charge on any atom is 0.321 e. The van der Waals surface area contributed by atoms with Gasteiger partial charge in [-0.3, -0.25) is 10.1 Å². The van der Waals surface area contributed by atoms with E-state index in [2.05, 4.69) is 20.9 Å². The molecule has 1 aliphatic carbocycles. The minimum atomic E-state index is -0.224. The minimum absolute atomic E-state index is 0.170. The first-order valence-corrected chi connectivity index (χ1v) is 11.5. The molecule has 0 spiro atoms. The molecule has 3 N–H and O–H groups in total. The van der Waals surface area contributed by atoms with Crippen LogP contribution in [0.2, 0.25) is 0 Å². The van der Waals surface area contributed by atoms with Crippen LogP contribution in [0.25, 0.3) is 0 Å². The van der Waals surface area contributed by atoms with E-state index in [1.165, 1.54) is 39.1 Å². The molecule has 1 aromatic carbocycles. The van der Waals surface area contributed by atoms with Crippen molar-refractivity contribution in [2.24, 2.45) is 0 Å². The second-order valence-corrected chi connectivity index (χ2v) is 8.40. The van der Waals surface area contributed by atoms with Crippen molar-refractivity contribution >= 4 is 34.1 Å². The summed E-state index contributed by atoms with van der Waals surface area (Å²) in [6.45, 7) is 0. The van der Waals surface area contributed by atoms with Crippen LogP contribution >= 0.6 is 11.3 Å². The second-order valence-electron chi connectivity index (χ2n) is 7.54. The van der Waals surface area contributed by atoms with Gasteiger partial charge >= 0.3 is 6.03 Å². The van der Waals surface area contributed by atoms with Crippen LogP contribution in [0.5, 0.6) is 17.2 Å². The van der Waals surface area contributed by atoms with Gasteiger partial charge in [-0.15, -0.1) is 11.3 Å². The summed E-state index contributed by atoms with van der Waals surface area (Å²) >= 11 is 1.35. The Morgan fingerprint density at radius 2 is 1.72 bits per heavy atom. The third-order valence-corrected chi connectivity index (χ3v) is 6.08. The molecule has 1 aromatic heterocycles. The van der Waals surface area contributed by atoms with Gasteiger partial charge in [0.15, 0.2) is 16.6 Å². The first-order valence-electron chi connectivity index (χ1n) is 10.6. The Labute approximate surface area is 191 Å². The number of aromatic nitrogens is 1. The van der Waals surface area contributed by atoms with Crippen LogP contribution in [0.4, 0.5) is 15.6 Å². The number of urea groups is 1. The predicted molar refractivity (Wildman–Crippen MR) is 124 cm³/mol. The van der Waals surface area contributed by atoms with E-state index in [0.29, 0.717) is 34.5 Å². The van der Waals surface area contributed by atoms with Crippen molar-refractivity contribution in [3.8, 4) is 17.2 Å². The number of anilines is 2. The smallest absolute Gasteiger partial charge is 0.321 e. The maximum atomic E-state index is 12.4. The average molecular weight is 463 g/mol. The first-order chi connectivity index (χ1) is 15.5. The van der Waals surface area contributed by atoms with E-state index in [4.69, 9.17) is 14.2 Å². The third kappa shape index (κ3) is 6.49. The highest BCUT2D eigenvalue weighted by atomic mass is 32.1. The minimum Gasteiger partial charge on any atom is -0.493 e. The number of ether oxygens (including phenoxy) is 3. The van der Waals surface area contributed by atoms with Crippen LogP contribution in [0.15, 0.2) is 17.5 Å². The summed E-state index contributed by atoms with van der Waals surface area (Å²) in [7, 11) is 4.56. The molecule has 0 radical (unpaired) electrons. The van der Waals surface area contributed by atoms with Crippen LogP contribution < -0.4 is 30.2 Å². The molecule has 10 heteroatoms. The molecule has 1 heterocycles. The lowest BCUT2D eigenvalue weighted by Crippen LogP contribution is -2.38. The van der Waals surface area contributed by atoms with Crippen molar-refractivity contribution in [2.75, 3.05) is 32.0 Å². The van der Waals surface area contributed by atoms with Crippen LogP contribution in [0.3, 0.4) is 0 Å². The molecular weight excluding hydrogens is 432 g/mol. The van der Waals surface area contributed by atoms with Gasteiger partial charge in [0.1, 0.15) is 0 Å².